The lowest BCUT2D eigenvalue weighted by Gasteiger charge is -2.11. The van der Waals surface area contributed by atoms with Gasteiger partial charge in [-0.15, -0.1) is 0 Å². The topological polar surface area (TPSA) is 47.9 Å². The molecule has 0 spiro atoms. The summed E-state index contributed by atoms with van der Waals surface area (Å²) < 4.78 is 13.7. The fourth-order valence-corrected chi connectivity index (χ4v) is 4.80. The van der Waals surface area contributed by atoms with Crippen molar-refractivity contribution in [2.45, 2.75) is 13.5 Å². The number of ether oxygens (including phenoxy) is 2. The minimum atomic E-state index is -0.484. The largest absolute Gasteiger partial charge is 0.487 e. The van der Waals surface area contributed by atoms with Gasteiger partial charge in [-0.05, 0) is 86.3 Å². The molecular weight excluding hydrogens is 590 g/mol. The van der Waals surface area contributed by atoms with Gasteiger partial charge < -0.3 is 9.47 Å². The Morgan fingerprint density at radius 2 is 1.71 bits per heavy atom. The molecule has 3 aromatic rings. The standard InChI is InChI=1S/C24H16Br3NO3/c1-14-5-7-15(8-6-14)13-30-22-19(26)9-16(10-20(22)27)11-21-24(29)31-23(28-21)17-3-2-4-18(25)12-17/h2-12H,13H2,1H3/b21-11-. The quantitative estimate of drug-likeness (QED) is 0.228. The first-order valence-electron chi connectivity index (χ1n) is 9.35. The van der Waals surface area contributed by atoms with E-state index >= 15 is 0 Å². The van der Waals surface area contributed by atoms with Crippen LogP contribution in [0.2, 0.25) is 0 Å². The molecule has 7 heteroatoms. The molecule has 0 aliphatic carbocycles. The lowest BCUT2D eigenvalue weighted by atomic mass is 10.1. The van der Waals surface area contributed by atoms with E-state index in [0.717, 1.165) is 30.1 Å². The van der Waals surface area contributed by atoms with E-state index in [1.165, 1.54) is 5.56 Å². The molecule has 0 radical (unpaired) electrons. The van der Waals surface area contributed by atoms with E-state index in [2.05, 4.69) is 71.8 Å². The van der Waals surface area contributed by atoms with Gasteiger partial charge in [-0.1, -0.05) is 51.8 Å². The first-order chi connectivity index (χ1) is 14.9. The highest BCUT2D eigenvalue weighted by molar-refractivity contribution is 9.11. The molecule has 4 nitrogen and oxygen atoms in total. The number of aliphatic imine (C=N–C) groups is 1. The summed E-state index contributed by atoms with van der Waals surface area (Å²) in [5, 5.41) is 0. The maximum Gasteiger partial charge on any atom is 0.363 e. The lowest BCUT2D eigenvalue weighted by molar-refractivity contribution is -0.129. The molecule has 0 saturated carbocycles. The normalized spacial score (nSPS) is 14.5. The molecular formula is C24H16Br3NO3. The Labute approximate surface area is 205 Å². The van der Waals surface area contributed by atoms with Gasteiger partial charge in [0.15, 0.2) is 5.70 Å². The summed E-state index contributed by atoms with van der Waals surface area (Å²) in [6.45, 7) is 2.50. The Morgan fingerprint density at radius 3 is 2.39 bits per heavy atom. The molecule has 0 aromatic heterocycles. The summed E-state index contributed by atoms with van der Waals surface area (Å²) in [4.78, 5) is 16.7. The average Bonchev–Trinajstić information content (AvgIpc) is 3.09. The number of carbonyl (C=O) groups is 1. The van der Waals surface area contributed by atoms with Gasteiger partial charge in [-0.2, -0.15) is 0 Å². The molecule has 0 amide bonds. The molecule has 156 valence electrons. The number of nitrogens with zero attached hydrogens (tertiary/aromatic N) is 1. The molecule has 0 atom stereocenters. The number of hydrogen-bond acceptors (Lipinski definition) is 4. The SMILES string of the molecule is Cc1ccc(COc2c(Br)cc(/C=C3\N=C(c4cccc(Br)c4)OC3=O)cc2Br)cc1. The molecule has 4 rings (SSSR count). The fourth-order valence-electron chi connectivity index (χ4n) is 2.95. The van der Waals surface area contributed by atoms with E-state index in [9.17, 15) is 4.79 Å². The van der Waals surface area contributed by atoms with Gasteiger partial charge in [-0.3, -0.25) is 0 Å². The van der Waals surface area contributed by atoms with E-state index in [-0.39, 0.29) is 11.6 Å². The maximum absolute atomic E-state index is 12.3. The van der Waals surface area contributed by atoms with E-state index < -0.39 is 5.97 Å². The van der Waals surface area contributed by atoms with Crippen LogP contribution in [0.4, 0.5) is 0 Å². The summed E-state index contributed by atoms with van der Waals surface area (Å²) in [5.74, 6) is 0.491. The third-order valence-corrected chi connectivity index (χ3v) is 6.19. The molecule has 3 aromatic carbocycles. The van der Waals surface area contributed by atoms with Crippen LogP contribution in [-0.4, -0.2) is 11.9 Å². The summed E-state index contributed by atoms with van der Waals surface area (Å²) in [6, 6.07) is 19.4. The first-order valence-corrected chi connectivity index (χ1v) is 11.7. The number of cyclic esters (lactones) is 1. The van der Waals surface area contributed by atoms with E-state index in [0.29, 0.717) is 12.4 Å². The van der Waals surface area contributed by atoms with Crippen LogP contribution in [0, 0.1) is 6.92 Å². The first kappa shape index (κ1) is 22.0. The molecule has 1 aliphatic rings. The predicted molar refractivity (Wildman–Crippen MR) is 132 cm³/mol. The Kier molecular flexibility index (Phi) is 6.74. The van der Waals surface area contributed by atoms with Crippen molar-refractivity contribution in [3.05, 3.63) is 102 Å². The molecule has 0 saturated heterocycles. The van der Waals surface area contributed by atoms with Gasteiger partial charge >= 0.3 is 5.97 Å². The Morgan fingerprint density at radius 1 is 1.00 bits per heavy atom. The van der Waals surface area contributed by atoms with Crippen molar-refractivity contribution >= 4 is 65.7 Å². The van der Waals surface area contributed by atoms with Crippen LogP contribution in [0.3, 0.4) is 0 Å². The summed E-state index contributed by atoms with van der Waals surface area (Å²) in [5.41, 5.74) is 4.04. The lowest BCUT2D eigenvalue weighted by Crippen LogP contribution is -2.05. The van der Waals surface area contributed by atoms with Crippen LogP contribution in [0.15, 0.2) is 84.8 Å². The zero-order valence-corrected chi connectivity index (χ0v) is 21.1. The van der Waals surface area contributed by atoms with Gasteiger partial charge in [0, 0.05) is 10.0 Å². The van der Waals surface area contributed by atoms with Gasteiger partial charge in [0.1, 0.15) is 12.4 Å². The number of esters is 1. The van der Waals surface area contributed by atoms with Gasteiger partial charge in [-0.25, -0.2) is 9.79 Å². The van der Waals surface area contributed by atoms with Crippen LogP contribution in [0.1, 0.15) is 22.3 Å². The van der Waals surface area contributed by atoms with E-state index in [1.54, 1.807) is 6.08 Å². The number of hydrogen-bond donors (Lipinski definition) is 0. The molecule has 31 heavy (non-hydrogen) atoms. The highest BCUT2D eigenvalue weighted by atomic mass is 79.9. The van der Waals surface area contributed by atoms with Crippen molar-refractivity contribution in [1.29, 1.82) is 0 Å². The Balaban J connectivity index is 1.55. The van der Waals surface area contributed by atoms with Crippen LogP contribution in [0.5, 0.6) is 5.75 Å². The van der Waals surface area contributed by atoms with Crippen LogP contribution < -0.4 is 4.74 Å². The van der Waals surface area contributed by atoms with Crippen molar-refractivity contribution in [2.75, 3.05) is 0 Å². The van der Waals surface area contributed by atoms with Crippen molar-refractivity contribution in [3.63, 3.8) is 0 Å². The summed E-state index contributed by atoms with van der Waals surface area (Å²) >= 11 is 10.5. The van der Waals surface area contributed by atoms with Crippen molar-refractivity contribution < 1.29 is 14.3 Å². The van der Waals surface area contributed by atoms with Gasteiger partial charge in [0.2, 0.25) is 5.90 Å². The number of carbonyl (C=O) groups excluding carboxylic acids is 1. The minimum Gasteiger partial charge on any atom is -0.487 e. The fraction of sp³-hybridized carbons (Fsp3) is 0.0833. The molecule has 0 unspecified atom stereocenters. The Hall–Kier alpha value is -2.22. The molecule has 1 aliphatic heterocycles. The number of rotatable bonds is 5. The zero-order chi connectivity index (χ0) is 22.0. The second-order valence-corrected chi connectivity index (χ2v) is 9.56. The van der Waals surface area contributed by atoms with Crippen molar-refractivity contribution in [3.8, 4) is 5.75 Å². The Bertz CT molecular complexity index is 1190. The summed E-state index contributed by atoms with van der Waals surface area (Å²) in [7, 11) is 0. The zero-order valence-electron chi connectivity index (χ0n) is 16.4. The van der Waals surface area contributed by atoms with Gasteiger partial charge in [0.05, 0.1) is 8.95 Å². The highest BCUT2D eigenvalue weighted by Gasteiger charge is 2.24. The monoisotopic (exact) mass is 603 g/mol. The average molecular weight is 606 g/mol. The van der Waals surface area contributed by atoms with Crippen LogP contribution >= 0.6 is 47.8 Å². The second kappa shape index (κ2) is 9.51. The third-order valence-electron chi connectivity index (χ3n) is 4.52. The minimum absolute atomic E-state index is 0.238. The number of aryl methyl sites for hydroxylation is 1. The number of halogens is 3. The molecule has 0 N–H and O–H groups in total. The van der Waals surface area contributed by atoms with Crippen molar-refractivity contribution in [2.24, 2.45) is 4.99 Å². The molecule has 1 heterocycles. The maximum atomic E-state index is 12.3. The smallest absolute Gasteiger partial charge is 0.363 e. The summed E-state index contributed by atoms with van der Waals surface area (Å²) in [6.07, 6.45) is 1.69. The van der Waals surface area contributed by atoms with Crippen LogP contribution in [0.25, 0.3) is 6.08 Å². The van der Waals surface area contributed by atoms with Crippen LogP contribution in [-0.2, 0) is 16.1 Å². The third kappa shape index (κ3) is 5.34. The highest BCUT2D eigenvalue weighted by Crippen LogP contribution is 2.36. The van der Waals surface area contributed by atoms with E-state index in [1.807, 2.05) is 48.5 Å². The number of benzene rings is 3. The second-order valence-electron chi connectivity index (χ2n) is 6.93. The van der Waals surface area contributed by atoms with Crippen molar-refractivity contribution in [1.82, 2.24) is 0 Å². The predicted octanol–water partition coefficient (Wildman–Crippen LogP) is 7.21. The molecule has 0 bridgehead atoms. The van der Waals surface area contributed by atoms with E-state index in [4.69, 9.17) is 9.47 Å². The molecule has 0 fully saturated rings. The van der Waals surface area contributed by atoms with Gasteiger partial charge in [0.25, 0.3) is 0 Å².